The molecule has 0 saturated carbocycles. The van der Waals surface area contributed by atoms with E-state index in [1.807, 2.05) is 0 Å². The summed E-state index contributed by atoms with van der Waals surface area (Å²) in [7, 11) is 0. The molecule has 0 unspecified atom stereocenters. The lowest BCUT2D eigenvalue weighted by Gasteiger charge is -2.12. The molecule has 1 aromatic carbocycles. The molecule has 2 aromatic rings. The van der Waals surface area contributed by atoms with E-state index >= 15 is 0 Å². The van der Waals surface area contributed by atoms with Crippen molar-refractivity contribution >= 4 is 23.5 Å². The van der Waals surface area contributed by atoms with Gasteiger partial charge in [-0.25, -0.2) is 0 Å². The minimum absolute atomic E-state index is 0.127. The zero-order valence-electron chi connectivity index (χ0n) is 12.3. The Balaban J connectivity index is 2.20. The normalized spacial score (nSPS) is 11.3. The molecule has 0 fully saturated rings. The van der Waals surface area contributed by atoms with Crippen LogP contribution in [0.3, 0.4) is 0 Å². The van der Waals surface area contributed by atoms with Gasteiger partial charge in [0, 0.05) is 6.20 Å². The molecule has 0 bridgehead atoms. The lowest BCUT2D eigenvalue weighted by Crippen LogP contribution is -2.07. The number of ether oxygens (including phenoxy) is 2. The van der Waals surface area contributed by atoms with Gasteiger partial charge in [0.2, 0.25) is 5.78 Å². The van der Waals surface area contributed by atoms with E-state index in [2.05, 4.69) is 14.5 Å². The summed E-state index contributed by atoms with van der Waals surface area (Å²) in [6, 6.07) is 6.28. The SMILES string of the molecule is O=C(/C=C/c1ccc(OC(F)F)c(OC(F)F)c1)c1ccc(Cl)cn1. The van der Waals surface area contributed by atoms with Crippen molar-refractivity contribution in [2.45, 2.75) is 13.2 Å². The first kappa shape index (κ1) is 18.7. The minimum Gasteiger partial charge on any atom is -0.431 e. The molecule has 4 nitrogen and oxygen atoms in total. The predicted molar refractivity (Wildman–Crippen MR) is 82.3 cm³/mol. The van der Waals surface area contributed by atoms with Crippen LogP contribution in [0, 0.1) is 0 Å². The Kier molecular flexibility index (Phi) is 6.35. The molecular formula is C16H10ClF4NO3. The number of nitrogens with zero attached hydrogens (tertiary/aromatic N) is 1. The Morgan fingerprint density at radius 1 is 1.04 bits per heavy atom. The molecule has 0 aliphatic rings. The van der Waals surface area contributed by atoms with Crippen LogP contribution in [0.15, 0.2) is 42.6 Å². The average molecular weight is 376 g/mol. The zero-order chi connectivity index (χ0) is 18.4. The first-order valence-electron chi connectivity index (χ1n) is 6.73. The van der Waals surface area contributed by atoms with Gasteiger partial charge in [-0.05, 0) is 35.9 Å². The van der Waals surface area contributed by atoms with E-state index in [4.69, 9.17) is 11.6 Å². The fourth-order valence-electron chi connectivity index (χ4n) is 1.79. The Labute approximate surface area is 144 Å². The number of hydrogen-bond donors (Lipinski definition) is 0. The van der Waals surface area contributed by atoms with Gasteiger partial charge in [0.25, 0.3) is 0 Å². The first-order chi connectivity index (χ1) is 11.8. The van der Waals surface area contributed by atoms with Crippen molar-refractivity contribution in [3.63, 3.8) is 0 Å². The molecule has 1 heterocycles. The number of halogens is 5. The van der Waals surface area contributed by atoms with Crippen LogP contribution < -0.4 is 9.47 Å². The van der Waals surface area contributed by atoms with E-state index in [0.717, 1.165) is 18.2 Å². The van der Waals surface area contributed by atoms with Gasteiger partial charge in [0.05, 0.1) is 5.02 Å². The second-order valence-electron chi connectivity index (χ2n) is 4.52. The fraction of sp³-hybridized carbons (Fsp3) is 0.125. The quantitative estimate of drug-likeness (QED) is 0.395. The average Bonchev–Trinajstić information content (AvgIpc) is 2.54. The Hall–Kier alpha value is -2.61. The lowest BCUT2D eigenvalue weighted by atomic mass is 10.1. The maximum Gasteiger partial charge on any atom is 0.387 e. The highest BCUT2D eigenvalue weighted by molar-refractivity contribution is 6.30. The highest BCUT2D eigenvalue weighted by Gasteiger charge is 2.15. The minimum atomic E-state index is -3.22. The maximum absolute atomic E-state index is 12.4. The summed E-state index contributed by atoms with van der Waals surface area (Å²) in [5, 5.41) is 0.365. The molecule has 0 amide bonds. The number of hydrogen-bond acceptors (Lipinski definition) is 4. The molecule has 0 saturated heterocycles. The van der Waals surface area contributed by atoms with Gasteiger partial charge in [-0.3, -0.25) is 9.78 Å². The van der Waals surface area contributed by atoms with Crippen molar-refractivity contribution in [2.24, 2.45) is 0 Å². The van der Waals surface area contributed by atoms with E-state index in [9.17, 15) is 22.4 Å². The molecule has 0 radical (unpaired) electrons. The van der Waals surface area contributed by atoms with Crippen molar-refractivity contribution in [2.75, 3.05) is 0 Å². The van der Waals surface area contributed by atoms with Crippen LogP contribution in [0.1, 0.15) is 16.1 Å². The number of aromatic nitrogens is 1. The number of ketones is 1. The summed E-state index contributed by atoms with van der Waals surface area (Å²) in [6.07, 6.45) is 3.74. The third-order valence-electron chi connectivity index (χ3n) is 2.81. The summed E-state index contributed by atoms with van der Waals surface area (Å²) in [6.45, 7) is -6.42. The third kappa shape index (κ3) is 5.75. The van der Waals surface area contributed by atoms with Gasteiger partial charge in [-0.15, -0.1) is 0 Å². The summed E-state index contributed by atoms with van der Waals surface area (Å²) in [5.41, 5.74) is 0.391. The number of alkyl halides is 4. The Bertz CT molecular complexity index is 766. The maximum atomic E-state index is 12.4. The third-order valence-corrected chi connectivity index (χ3v) is 3.03. The van der Waals surface area contributed by atoms with E-state index in [1.54, 1.807) is 0 Å². The zero-order valence-corrected chi connectivity index (χ0v) is 13.1. The van der Waals surface area contributed by atoms with Crippen LogP contribution in [-0.2, 0) is 0 Å². The van der Waals surface area contributed by atoms with Gasteiger partial charge in [-0.2, -0.15) is 17.6 Å². The van der Waals surface area contributed by atoms with E-state index < -0.39 is 30.5 Å². The monoisotopic (exact) mass is 375 g/mol. The summed E-state index contributed by atoms with van der Waals surface area (Å²) < 4.78 is 57.6. The Morgan fingerprint density at radius 2 is 1.72 bits per heavy atom. The number of rotatable bonds is 7. The standard InChI is InChI=1S/C16H10ClF4NO3/c17-10-3-4-11(22-8-10)12(23)5-1-9-2-6-13(24-15(18)19)14(7-9)25-16(20)21/h1-8,15-16H/b5-1+. The van der Waals surface area contributed by atoms with E-state index in [0.29, 0.717) is 5.02 Å². The molecule has 0 aliphatic heterocycles. The molecule has 0 spiro atoms. The number of benzene rings is 1. The number of pyridine rings is 1. The first-order valence-corrected chi connectivity index (χ1v) is 7.10. The van der Waals surface area contributed by atoms with Crippen LogP contribution in [0.4, 0.5) is 17.6 Å². The van der Waals surface area contributed by atoms with Gasteiger partial charge < -0.3 is 9.47 Å². The fourth-order valence-corrected chi connectivity index (χ4v) is 1.90. The van der Waals surface area contributed by atoms with Crippen LogP contribution in [0.25, 0.3) is 6.08 Å². The van der Waals surface area contributed by atoms with E-state index in [1.165, 1.54) is 30.5 Å². The molecule has 25 heavy (non-hydrogen) atoms. The second-order valence-corrected chi connectivity index (χ2v) is 4.96. The van der Waals surface area contributed by atoms with Crippen molar-refractivity contribution in [1.29, 1.82) is 0 Å². The number of carbonyl (C=O) groups excluding carboxylic acids is 1. The van der Waals surface area contributed by atoms with Crippen molar-refractivity contribution < 1.29 is 31.8 Å². The second kappa shape index (κ2) is 8.48. The van der Waals surface area contributed by atoms with E-state index in [-0.39, 0.29) is 11.3 Å². The van der Waals surface area contributed by atoms with Gasteiger partial charge in [0.1, 0.15) is 5.69 Å². The molecule has 0 N–H and O–H groups in total. The molecule has 132 valence electrons. The topological polar surface area (TPSA) is 48.4 Å². The lowest BCUT2D eigenvalue weighted by molar-refractivity contribution is -0.0692. The van der Waals surface area contributed by atoms with Gasteiger partial charge in [0.15, 0.2) is 11.5 Å². The molecule has 2 rings (SSSR count). The van der Waals surface area contributed by atoms with Crippen LogP contribution in [0.2, 0.25) is 5.02 Å². The molecular weight excluding hydrogens is 366 g/mol. The largest absolute Gasteiger partial charge is 0.431 e. The Morgan fingerprint density at radius 3 is 2.32 bits per heavy atom. The highest BCUT2D eigenvalue weighted by atomic mass is 35.5. The smallest absolute Gasteiger partial charge is 0.387 e. The van der Waals surface area contributed by atoms with Crippen LogP contribution >= 0.6 is 11.6 Å². The molecule has 0 aliphatic carbocycles. The number of carbonyl (C=O) groups is 1. The predicted octanol–water partition coefficient (Wildman–Crippen LogP) is 4.83. The molecule has 9 heteroatoms. The molecule has 0 atom stereocenters. The van der Waals surface area contributed by atoms with Crippen molar-refractivity contribution in [1.82, 2.24) is 4.98 Å². The number of allylic oxidation sites excluding steroid dienone is 1. The van der Waals surface area contributed by atoms with Crippen molar-refractivity contribution in [3.8, 4) is 11.5 Å². The summed E-state index contributed by atoms with van der Waals surface area (Å²) in [5.74, 6) is -1.58. The van der Waals surface area contributed by atoms with Gasteiger partial charge in [-0.1, -0.05) is 23.7 Å². The molecule has 1 aromatic heterocycles. The highest BCUT2D eigenvalue weighted by Crippen LogP contribution is 2.31. The summed E-state index contributed by atoms with van der Waals surface area (Å²) in [4.78, 5) is 15.8. The van der Waals surface area contributed by atoms with Gasteiger partial charge >= 0.3 is 13.2 Å². The van der Waals surface area contributed by atoms with Crippen LogP contribution in [-0.4, -0.2) is 24.0 Å². The summed E-state index contributed by atoms with van der Waals surface area (Å²) >= 11 is 5.67. The van der Waals surface area contributed by atoms with Crippen molar-refractivity contribution in [3.05, 3.63) is 58.9 Å². The van der Waals surface area contributed by atoms with Crippen LogP contribution in [0.5, 0.6) is 11.5 Å².